The molecule has 2 amide bonds. The largest absolute Gasteiger partial charge is 0.497 e. The number of methoxy groups -OCH3 is 1. The molecule has 3 aromatic rings. The molecule has 0 aromatic heterocycles. The molecule has 160 valence electrons. The Labute approximate surface area is 181 Å². The number of amides is 2. The molecule has 0 bridgehead atoms. The standard InChI is InChI=1S/C24H25N3O4/c1-30-20-13-9-19(10-14-20)25-15-16-26-23(28)17-27-24(29)18-7-11-22(12-8-18)31-21-5-3-2-4-6-21/h2-14,25H,15-17H2,1H3,(H,26,28)(H,27,29). The quantitative estimate of drug-likeness (QED) is 0.438. The number of para-hydroxylation sites is 1. The highest BCUT2D eigenvalue weighted by Crippen LogP contribution is 2.21. The molecule has 0 saturated carbocycles. The molecular weight excluding hydrogens is 394 g/mol. The number of rotatable bonds is 10. The van der Waals surface area contributed by atoms with Gasteiger partial charge in [0.1, 0.15) is 17.2 Å². The van der Waals surface area contributed by atoms with Crippen molar-refractivity contribution in [1.29, 1.82) is 0 Å². The van der Waals surface area contributed by atoms with Crippen LogP contribution in [0.25, 0.3) is 0 Å². The second-order valence-electron chi connectivity index (χ2n) is 6.63. The van der Waals surface area contributed by atoms with Gasteiger partial charge in [0.15, 0.2) is 0 Å². The summed E-state index contributed by atoms with van der Waals surface area (Å²) in [6.45, 7) is 0.908. The summed E-state index contributed by atoms with van der Waals surface area (Å²) in [5.41, 5.74) is 1.39. The van der Waals surface area contributed by atoms with Crippen molar-refractivity contribution in [3.05, 3.63) is 84.4 Å². The zero-order valence-corrected chi connectivity index (χ0v) is 17.3. The van der Waals surface area contributed by atoms with Crippen molar-refractivity contribution in [1.82, 2.24) is 10.6 Å². The van der Waals surface area contributed by atoms with E-state index in [1.807, 2.05) is 54.6 Å². The van der Waals surface area contributed by atoms with Crippen LogP contribution < -0.4 is 25.4 Å². The summed E-state index contributed by atoms with van der Waals surface area (Å²) >= 11 is 0. The van der Waals surface area contributed by atoms with Crippen LogP contribution in [0.15, 0.2) is 78.9 Å². The minimum absolute atomic E-state index is 0.0936. The van der Waals surface area contributed by atoms with Crippen molar-refractivity contribution in [3.8, 4) is 17.2 Å². The van der Waals surface area contributed by atoms with Crippen LogP contribution in [0.2, 0.25) is 0 Å². The van der Waals surface area contributed by atoms with E-state index in [9.17, 15) is 9.59 Å². The van der Waals surface area contributed by atoms with Crippen molar-refractivity contribution < 1.29 is 19.1 Å². The first-order valence-electron chi connectivity index (χ1n) is 9.90. The molecule has 7 heteroatoms. The molecule has 3 rings (SSSR count). The number of hydrogen-bond donors (Lipinski definition) is 3. The van der Waals surface area contributed by atoms with Crippen molar-refractivity contribution in [2.24, 2.45) is 0 Å². The predicted octanol–water partition coefficient (Wildman–Crippen LogP) is 3.45. The molecular formula is C24H25N3O4. The fourth-order valence-electron chi connectivity index (χ4n) is 2.74. The highest BCUT2D eigenvalue weighted by molar-refractivity contribution is 5.96. The topological polar surface area (TPSA) is 88.7 Å². The fourth-order valence-corrected chi connectivity index (χ4v) is 2.74. The smallest absolute Gasteiger partial charge is 0.251 e. The van der Waals surface area contributed by atoms with Crippen LogP contribution in [-0.2, 0) is 4.79 Å². The van der Waals surface area contributed by atoms with E-state index in [1.165, 1.54) is 0 Å². The summed E-state index contributed by atoms with van der Waals surface area (Å²) in [6, 6.07) is 23.6. The van der Waals surface area contributed by atoms with E-state index in [0.29, 0.717) is 24.4 Å². The van der Waals surface area contributed by atoms with Gasteiger partial charge in [0.05, 0.1) is 13.7 Å². The van der Waals surface area contributed by atoms with Crippen LogP contribution in [-0.4, -0.2) is 38.6 Å². The van der Waals surface area contributed by atoms with Crippen molar-refractivity contribution >= 4 is 17.5 Å². The number of benzene rings is 3. The van der Waals surface area contributed by atoms with Crippen molar-refractivity contribution in [2.45, 2.75) is 0 Å². The second-order valence-corrected chi connectivity index (χ2v) is 6.63. The third-order valence-corrected chi connectivity index (χ3v) is 4.37. The van der Waals surface area contributed by atoms with Gasteiger partial charge in [-0.25, -0.2) is 0 Å². The average Bonchev–Trinajstić information content (AvgIpc) is 2.82. The maximum absolute atomic E-state index is 12.2. The highest BCUT2D eigenvalue weighted by Gasteiger charge is 2.08. The van der Waals surface area contributed by atoms with Gasteiger partial charge in [-0.3, -0.25) is 9.59 Å². The van der Waals surface area contributed by atoms with Gasteiger partial charge in [0.25, 0.3) is 5.91 Å². The first-order valence-corrected chi connectivity index (χ1v) is 9.90. The van der Waals surface area contributed by atoms with Crippen LogP contribution in [0, 0.1) is 0 Å². The van der Waals surface area contributed by atoms with E-state index in [-0.39, 0.29) is 18.4 Å². The minimum Gasteiger partial charge on any atom is -0.497 e. The van der Waals surface area contributed by atoms with Gasteiger partial charge in [-0.1, -0.05) is 18.2 Å². The Kier molecular flexibility index (Phi) is 7.88. The molecule has 0 radical (unpaired) electrons. The number of carbonyl (C=O) groups excluding carboxylic acids is 2. The molecule has 0 atom stereocenters. The summed E-state index contributed by atoms with van der Waals surface area (Å²) < 4.78 is 10.8. The minimum atomic E-state index is -0.322. The maximum Gasteiger partial charge on any atom is 0.251 e. The second kappa shape index (κ2) is 11.3. The van der Waals surface area contributed by atoms with Gasteiger partial charge in [-0.2, -0.15) is 0 Å². The normalized spacial score (nSPS) is 10.1. The van der Waals surface area contributed by atoms with E-state index in [1.54, 1.807) is 31.4 Å². The van der Waals surface area contributed by atoms with Crippen LogP contribution in [0.4, 0.5) is 5.69 Å². The molecule has 0 aliphatic carbocycles. The summed E-state index contributed by atoms with van der Waals surface area (Å²) in [7, 11) is 1.62. The average molecular weight is 419 g/mol. The monoisotopic (exact) mass is 419 g/mol. The fraction of sp³-hybridized carbons (Fsp3) is 0.167. The van der Waals surface area contributed by atoms with Crippen LogP contribution in [0.3, 0.4) is 0 Å². The Hall–Kier alpha value is -4.00. The highest BCUT2D eigenvalue weighted by atomic mass is 16.5. The lowest BCUT2D eigenvalue weighted by molar-refractivity contribution is -0.120. The van der Waals surface area contributed by atoms with E-state index < -0.39 is 0 Å². The number of carbonyl (C=O) groups is 2. The Bertz CT molecular complexity index is 974. The van der Waals surface area contributed by atoms with Gasteiger partial charge >= 0.3 is 0 Å². The maximum atomic E-state index is 12.2. The zero-order chi connectivity index (χ0) is 21.9. The molecule has 0 saturated heterocycles. The molecule has 7 nitrogen and oxygen atoms in total. The van der Waals surface area contributed by atoms with E-state index in [0.717, 1.165) is 17.2 Å². The number of anilines is 1. The van der Waals surface area contributed by atoms with E-state index in [4.69, 9.17) is 9.47 Å². The Morgan fingerprint density at radius 2 is 1.39 bits per heavy atom. The van der Waals surface area contributed by atoms with Gasteiger partial charge in [0.2, 0.25) is 5.91 Å². The molecule has 0 aliphatic rings. The Balaban J connectivity index is 1.35. The van der Waals surface area contributed by atoms with Crippen LogP contribution in [0.5, 0.6) is 17.2 Å². The molecule has 3 N–H and O–H groups in total. The third kappa shape index (κ3) is 7.08. The molecule has 0 heterocycles. The lowest BCUT2D eigenvalue weighted by Crippen LogP contribution is -2.38. The SMILES string of the molecule is COc1ccc(NCCNC(=O)CNC(=O)c2ccc(Oc3ccccc3)cc2)cc1. The Morgan fingerprint density at radius 3 is 2.06 bits per heavy atom. The van der Waals surface area contributed by atoms with Gasteiger partial charge < -0.3 is 25.4 Å². The summed E-state index contributed by atoms with van der Waals surface area (Å²) in [5, 5.41) is 8.57. The molecule has 31 heavy (non-hydrogen) atoms. The van der Waals surface area contributed by atoms with Crippen molar-refractivity contribution in [3.63, 3.8) is 0 Å². The lowest BCUT2D eigenvalue weighted by Gasteiger charge is -2.10. The predicted molar refractivity (Wildman–Crippen MR) is 120 cm³/mol. The summed E-state index contributed by atoms with van der Waals surface area (Å²) in [4.78, 5) is 24.2. The summed E-state index contributed by atoms with van der Waals surface area (Å²) in [5.74, 6) is 1.56. The zero-order valence-electron chi connectivity index (χ0n) is 17.3. The summed E-state index contributed by atoms with van der Waals surface area (Å²) in [6.07, 6.45) is 0. The molecule has 3 aromatic carbocycles. The molecule has 0 fully saturated rings. The van der Waals surface area contributed by atoms with E-state index in [2.05, 4.69) is 16.0 Å². The van der Waals surface area contributed by atoms with Gasteiger partial charge in [-0.05, 0) is 60.7 Å². The molecule has 0 unspecified atom stereocenters. The van der Waals surface area contributed by atoms with Crippen molar-refractivity contribution in [2.75, 3.05) is 32.1 Å². The molecule has 0 aliphatic heterocycles. The van der Waals surface area contributed by atoms with Gasteiger partial charge in [-0.15, -0.1) is 0 Å². The lowest BCUT2D eigenvalue weighted by atomic mass is 10.2. The van der Waals surface area contributed by atoms with Gasteiger partial charge in [0, 0.05) is 24.3 Å². The van der Waals surface area contributed by atoms with Crippen LogP contribution >= 0.6 is 0 Å². The van der Waals surface area contributed by atoms with Crippen LogP contribution in [0.1, 0.15) is 10.4 Å². The Morgan fingerprint density at radius 1 is 0.742 bits per heavy atom. The third-order valence-electron chi connectivity index (χ3n) is 4.37. The first-order chi connectivity index (χ1) is 15.1. The number of hydrogen-bond acceptors (Lipinski definition) is 5. The van der Waals surface area contributed by atoms with E-state index >= 15 is 0 Å². The number of nitrogens with one attached hydrogen (secondary N) is 3. The molecule has 0 spiro atoms. The number of ether oxygens (including phenoxy) is 2. The first kappa shape index (κ1) is 21.7.